The molecule has 0 bridgehead atoms. The number of benzene rings is 2. The van der Waals surface area contributed by atoms with Crippen molar-refractivity contribution in [3.8, 4) is 33.3 Å². The molecule has 6 heteroatoms. The normalized spacial score (nSPS) is 10.5. The zero-order valence-electron chi connectivity index (χ0n) is 16.3. The van der Waals surface area contributed by atoms with E-state index in [0.29, 0.717) is 18.9 Å². The van der Waals surface area contributed by atoms with Crippen molar-refractivity contribution < 1.29 is 14.3 Å². The van der Waals surface area contributed by atoms with Gasteiger partial charge in [-0.25, -0.2) is 4.98 Å². The van der Waals surface area contributed by atoms with E-state index in [1.807, 2.05) is 25.1 Å². The number of rotatable bonds is 8. The van der Waals surface area contributed by atoms with Crippen LogP contribution >= 0.6 is 11.3 Å². The minimum Gasteiger partial charge on any atom is -0.493 e. The van der Waals surface area contributed by atoms with E-state index >= 15 is 0 Å². The Morgan fingerprint density at radius 2 is 1.86 bits per heavy atom. The average molecular weight is 397 g/mol. The number of nitrogens with one attached hydrogen (secondary N) is 1. The van der Waals surface area contributed by atoms with Gasteiger partial charge < -0.3 is 14.8 Å². The van der Waals surface area contributed by atoms with Crippen LogP contribution in [0, 0.1) is 0 Å². The van der Waals surface area contributed by atoms with Crippen molar-refractivity contribution in [2.75, 3.05) is 20.3 Å². The molecule has 3 rings (SSSR count). The molecular formula is C22H24N2O3S. The van der Waals surface area contributed by atoms with Crippen LogP contribution in [0.5, 0.6) is 11.5 Å². The molecule has 0 spiro atoms. The number of carbonyl (C=O) groups is 1. The zero-order valence-corrected chi connectivity index (χ0v) is 17.1. The Bertz CT molecular complexity index is 935. The van der Waals surface area contributed by atoms with Gasteiger partial charge in [0.2, 0.25) is 5.91 Å². The molecule has 3 aromatic rings. The Hall–Kier alpha value is -2.86. The van der Waals surface area contributed by atoms with Crippen molar-refractivity contribution in [3.63, 3.8) is 0 Å². The summed E-state index contributed by atoms with van der Waals surface area (Å²) in [5.74, 6) is 1.44. The summed E-state index contributed by atoms with van der Waals surface area (Å²) < 4.78 is 11.0. The molecule has 1 N–H and O–H groups in total. The number of hydrogen-bond acceptors (Lipinski definition) is 5. The van der Waals surface area contributed by atoms with Crippen molar-refractivity contribution in [1.29, 1.82) is 0 Å². The van der Waals surface area contributed by atoms with Crippen molar-refractivity contribution in [1.82, 2.24) is 10.3 Å². The van der Waals surface area contributed by atoms with Gasteiger partial charge in [-0.15, -0.1) is 11.3 Å². The van der Waals surface area contributed by atoms with Gasteiger partial charge in [0.25, 0.3) is 0 Å². The van der Waals surface area contributed by atoms with Gasteiger partial charge in [0.1, 0.15) is 5.01 Å². The van der Waals surface area contributed by atoms with Gasteiger partial charge in [-0.05, 0) is 37.1 Å². The maximum absolute atomic E-state index is 11.0. The highest BCUT2D eigenvalue weighted by Gasteiger charge is 2.11. The van der Waals surface area contributed by atoms with Crippen LogP contribution in [0.25, 0.3) is 21.8 Å². The average Bonchev–Trinajstić information content (AvgIpc) is 3.19. The molecule has 146 valence electrons. The highest BCUT2D eigenvalue weighted by molar-refractivity contribution is 7.13. The molecule has 1 heterocycles. The summed E-state index contributed by atoms with van der Waals surface area (Å²) in [5.41, 5.74) is 4.21. The predicted octanol–water partition coefficient (Wildman–Crippen LogP) is 4.56. The van der Waals surface area contributed by atoms with E-state index in [2.05, 4.69) is 35.0 Å². The summed E-state index contributed by atoms with van der Waals surface area (Å²) in [7, 11) is 1.64. The maximum Gasteiger partial charge on any atom is 0.216 e. The third kappa shape index (κ3) is 4.89. The first kappa shape index (κ1) is 19.9. The number of aromatic nitrogens is 1. The fraction of sp³-hybridized carbons (Fsp3) is 0.273. The molecule has 0 saturated carbocycles. The van der Waals surface area contributed by atoms with Crippen LogP contribution in [0.4, 0.5) is 0 Å². The van der Waals surface area contributed by atoms with Gasteiger partial charge in [0.15, 0.2) is 11.5 Å². The fourth-order valence-corrected chi connectivity index (χ4v) is 3.67. The topological polar surface area (TPSA) is 60.5 Å². The number of methoxy groups -OCH3 is 1. The molecule has 0 saturated heterocycles. The lowest BCUT2D eigenvalue weighted by Crippen LogP contribution is -2.22. The van der Waals surface area contributed by atoms with Crippen LogP contribution in [0.1, 0.15) is 19.4 Å². The Morgan fingerprint density at radius 3 is 2.54 bits per heavy atom. The second-order valence-corrected chi connectivity index (χ2v) is 7.12. The van der Waals surface area contributed by atoms with Gasteiger partial charge in [-0.1, -0.05) is 24.3 Å². The Morgan fingerprint density at radius 1 is 1.11 bits per heavy atom. The van der Waals surface area contributed by atoms with Crippen LogP contribution < -0.4 is 14.8 Å². The minimum absolute atomic E-state index is 0.00228. The number of hydrogen-bond donors (Lipinski definition) is 1. The summed E-state index contributed by atoms with van der Waals surface area (Å²) in [6.45, 7) is 4.72. The molecule has 28 heavy (non-hydrogen) atoms. The second-order valence-electron chi connectivity index (χ2n) is 6.27. The quantitative estimate of drug-likeness (QED) is 0.606. The number of thiazole rings is 1. The molecule has 1 amide bonds. The minimum atomic E-state index is -0.00228. The number of amides is 1. The van der Waals surface area contributed by atoms with Crippen molar-refractivity contribution in [2.45, 2.75) is 20.3 Å². The van der Waals surface area contributed by atoms with Crippen molar-refractivity contribution in [3.05, 3.63) is 53.4 Å². The number of ether oxygens (including phenoxy) is 2. The van der Waals surface area contributed by atoms with Crippen LogP contribution in [0.2, 0.25) is 0 Å². The summed E-state index contributed by atoms with van der Waals surface area (Å²) in [6.07, 6.45) is 0.814. The van der Waals surface area contributed by atoms with Gasteiger partial charge in [-0.3, -0.25) is 4.79 Å². The Kier molecular flexibility index (Phi) is 6.66. The largest absolute Gasteiger partial charge is 0.493 e. The van der Waals surface area contributed by atoms with E-state index in [9.17, 15) is 4.79 Å². The van der Waals surface area contributed by atoms with E-state index in [0.717, 1.165) is 34.0 Å². The summed E-state index contributed by atoms with van der Waals surface area (Å²) in [6, 6.07) is 14.2. The second kappa shape index (κ2) is 9.37. The molecule has 0 fully saturated rings. The van der Waals surface area contributed by atoms with Crippen molar-refractivity contribution in [2.24, 2.45) is 0 Å². The van der Waals surface area contributed by atoms with Crippen molar-refractivity contribution >= 4 is 17.2 Å². The maximum atomic E-state index is 11.0. The molecule has 0 aliphatic heterocycles. The van der Waals surface area contributed by atoms with Gasteiger partial charge >= 0.3 is 0 Å². The van der Waals surface area contributed by atoms with Gasteiger partial charge in [-0.2, -0.15) is 0 Å². The first-order valence-corrected chi connectivity index (χ1v) is 10.1. The van der Waals surface area contributed by atoms with E-state index < -0.39 is 0 Å². The fourth-order valence-electron chi connectivity index (χ4n) is 2.84. The highest BCUT2D eigenvalue weighted by atomic mass is 32.1. The summed E-state index contributed by atoms with van der Waals surface area (Å²) in [5, 5.41) is 5.81. The molecular weight excluding hydrogens is 372 g/mol. The van der Waals surface area contributed by atoms with Crippen LogP contribution in [-0.4, -0.2) is 31.2 Å². The zero-order chi connectivity index (χ0) is 19.9. The third-order valence-electron chi connectivity index (χ3n) is 4.25. The van der Waals surface area contributed by atoms with E-state index in [1.165, 1.54) is 12.5 Å². The SMILES string of the molecule is CCOc1ccc(-c2nc(-c3ccc(CCNC(C)=O)cc3)cs2)cc1OC. The molecule has 5 nitrogen and oxygen atoms in total. The molecule has 0 atom stereocenters. The smallest absolute Gasteiger partial charge is 0.216 e. The van der Waals surface area contributed by atoms with Crippen LogP contribution in [-0.2, 0) is 11.2 Å². The summed E-state index contributed by atoms with van der Waals surface area (Å²) >= 11 is 1.60. The molecule has 0 radical (unpaired) electrons. The number of carbonyl (C=O) groups excluding carboxylic acids is 1. The van der Waals surface area contributed by atoms with Gasteiger partial charge in [0, 0.05) is 30.0 Å². The Balaban J connectivity index is 1.74. The molecule has 2 aromatic carbocycles. The third-order valence-corrected chi connectivity index (χ3v) is 5.14. The van der Waals surface area contributed by atoms with Crippen LogP contribution in [0.3, 0.4) is 0 Å². The predicted molar refractivity (Wildman–Crippen MR) is 113 cm³/mol. The highest BCUT2D eigenvalue weighted by Crippen LogP contribution is 2.35. The standard InChI is InChI=1S/C22H24N2O3S/c1-4-27-20-10-9-18(13-21(20)26-3)22-24-19(14-28-22)17-7-5-16(6-8-17)11-12-23-15(2)25/h5-10,13-14H,4,11-12H2,1-3H3,(H,23,25). The lowest BCUT2D eigenvalue weighted by Gasteiger charge is -2.09. The molecule has 1 aromatic heterocycles. The molecule has 0 aliphatic rings. The first-order chi connectivity index (χ1) is 13.6. The number of nitrogens with zero attached hydrogens (tertiary/aromatic N) is 1. The van der Waals surface area contributed by atoms with E-state index in [1.54, 1.807) is 18.4 Å². The van der Waals surface area contributed by atoms with Crippen LogP contribution in [0.15, 0.2) is 47.8 Å². The van der Waals surface area contributed by atoms with E-state index in [-0.39, 0.29) is 5.91 Å². The molecule has 0 aliphatic carbocycles. The lowest BCUT2D eigenvalue weighted by atomic mass is 10.1. The lowest BCUT2D eigenvalue weighted by molar-refractivity contribution is -0.118. The first-order valence-electron chi connectivity index (χ1n) is 9.21. The van der Waals surface area contributed by atoms with Gasteiger partial charge in [0.05, 0.1) is 19.4 Å². The summed E-state index contributed by atoms with van der Waals surface area (Å²) in [4.78, 5) is 15.7. The monoisotopic (exact) mass is 396 g/mol. The Labute approximate surface area is 169 Å². The van der Waals surface area contributed by atoms with E-state index in [4.69, 9.17) is 14.5 Å². The molecule has 0 unspecified atom stereocenters.